The van der Waals surface area contributed by atoms with Crippen LogP contribution in [0.3, 0.4) is 0 Å². The molecule has 0 aliphatic carbocycles. The van der Waals surface area contributed by atoms with Crippen LogP contribution in [0.2, 0.25) is 0 Å². The molecule has 1 saturated heterocycles. The van der Waals surface area contributed by atoms with Crippen molar-refractivity contribution in [2.75, 3.05) is 26.7 Å². The van der Waals surface area contributed by atoms with Crippen molar-refractivity contribution >= 4 is 6.03 Å². The lowest BCUT2D eigenvalue weighted by Gasteiger charge is -2.38. The molecule has 2 aromatic rings. The highest BCUT2D eigenvalue weighted by molar-refractivity contribution is 5.74. The number of urea groups is 1. The molecule has 0 radical (unpaired) electrons. The summed E-state index contributed by atoms with van der Waals surface area (Å²) in [6.45, 7) is 12.4. The number of hydrogen-bond acceptors (Lipinski definition) is 4. The first-order valence-electron chi connectivity index (χ1n) is 10.7. The van der Waals surface area contributed by atoms with Crippen LogP contribution in [0.4, 0.5) is 4.79 Å². The second kappa shape index (κ2) is 8.56. The molecular weight excluding hydrogens is 364 g/mol. The second-order valence-corrected chi connectivity index (χ2v) is 9.13. The smallest absolute Gasteiger partial charge is 0.319 e. The fourth-order valence-electron chi connectivity index (χ4n) is 3.78. The van der Waals surface area contributed by atoms with Gasteiger partial charge in [-0.05, 0) is 30.9 Å². The highest BCUT2D eigenvalue weighted by Gasteiger charge is 2.36. The Hall–Kier alpha value is -2.37. The van der Waals surface area contributed by atoms with E-state index in [1.54, 1.807) is 4.90 Å². The SMILES string of the molecule is CCc1ccc(C2CC(c3nc(C(C)(C)C)no3)CN(C(=O)N(C)CC)C2)cc1. The van der Waals surface area contributed by atoms with Gasteiger partial charge in [-0.2, -0.15) is 4.98 Å². The van der Waals surface area contributed by atoms with Crippen LogP contribution in [-0.4, -0.2) is 52.7 Å². The zero-order chi connectivity index (χ0) is 21.2. The predicted octanol–water partition coefficient (Wildman–Crippen LogP) is 4.57. The van der Waals surface area contributed by atoms with E-state index in [-0.39, 0.29) is 23.3 Å². The molecule has 6 nitrogen and oxygen atoms in total. The van der Waals surface area contributed by atoms with Crippen LogP contribution in [0.15, 0.2) is 28.8 Å². The lowest BCUT2D eigenvalue weighted by Crippen LogP contribution is -2.47. The Morgan fingerprint density at radius 2 is 1.83 bits per heavy atom. The van der Waals surface area contributed by atoms with Gasteiger partial charge in [0.15, 0.2) is 5.82 Å². The first-order chi connectivity index (χ1) is 13.7. The standard InChI is InChI=1S/C23H34N4O2/c1-7-16-9-11-17(12-10-16)18-13-19(15-27(14-18)22(28)26(6)8-2)20-24-21(25-29-20)23(3,4)5/h9-12,18-19H,7-8,13-15H2,1-6H3. The van der Waals surface area contributed by atoms with Gasteiger partial charge in [-0.3, -0.25) is 0 Å². The maximum atomic E-state index is 12.9. The third kappa shape index (κ3) is 4.80. The van der Waals surface area contributed by atoms with Crippen LogP contribution in [0, 0.1) is 0 Å². The number of amides is 2. The summed E-state index contributed by atoms with van der Waals surface area (Å²) in [7, 11) is 1.85. The van der Waals surface area contributed by atoms with Crippen molar-refractivity contribution in [3.63, 3.8) is 0 Å². The van der Waals surface area contributed by atoms with E-state index in [0.29, 0.717) is 31.3 Å². The molecule has 2 unspecified atom stereocenters. The maximum absolute atomic E-state index is 12.9. The predicted molar refractivity (Wildman–Crippen MR) is 114 cm³/mol. The molecular formula is C23H34N4O2. The van der Waals surface area contributed by atoms with E-state index in [0.717, 1.165) is 12.8 Å². The molecule has 1 aliphatic rings. The summed E-state index contributed by atoms with van der Waals surface area (Å²) in [6, 6.07) is 8.84. The number of rotatable bonds is 4. The van der Waals surface area contributed by atoms with Gasteiger partial charge in [0, 0.05) is 38.0 Å². The van der Waals surface area contributed by atoms with Gasteiger partial charge in [0.2, 0.25) is 5.89 Å². The molecule has 2 heterocycles. The minimum Gasteiger partial charge on any atom is -0.339 e. The largest absolute Gasteiger partial charge is 0.339 e. The molecule has 6 heteroatoms. The quantitative estimate of drug-likeness (QED) is 0.757. The summed E-state index contributed by atoms with van der Waals surface area (Å²) >= 11 is 0. The Kier molecular flexibility index (Phi) is 6.30. The van der Waals surface area contributed by atoms with E-state index in [1.807, 2.05) is 18.9 Å². The van der Waals surface area contributed by atoms with E-state index >= 15 is 0 Å². The monoisotopic (exact) mass is 398 g/mol. The molecule has 1 aliphatic heterocycles. The third-order valence-corrected chi connectivity index (χ3v) is 5.84. The molecule has 0 spiro atoms. The van der Waals surface area contributed by atoms with Gasteiger partial charge in [0.05, 0.1) is 5.92 Å². The van der Waals surface area contributed by atoms with Gasteiger partial charge in [-0.25, -0.2) is 4.79 Å². The highest BCUT2D eigenvalue weighted by Crippen LogP contribution is 2.36. The summed E-state index contributed by atoms with van der Waals surface area (Å²) in [4.78, 5) is 21.3. The molecule has 1 aromatic carbocycles. The van der Waals surface area contributed by atoms with Gasteiger partial charge in [0.1, 0.15) is 0 Å². The first-order valence-corrected chi connectivity index (χ1v) is 10.7. The summed E-state index contributed by atoms with van der Waals surface area (Å²) < 4.78 is 5.65. The molecule has 3 rings (SSSR count). The Balaban J connectivity index is 1.89. The molecule has 1 fully saturated rings. The number of piperidine rings is 1. The van der Waals surface area contributed by atoms with Crippen LogP contribution in [-0.2, 0) is 11.8 Å². The summed E-state index contributed by atoms with van der Waals surface area (Å²) in [5.41, 5.74) is 2.43. The van der Waals surface area contributed by atoms with Crippen molar-refractivity contribution in [2.24, 2.45) is 0 Å². The van der Waals surface area contributed by atoms with E-state index in [4.69, 9.17) is 9.51 Å². The first kappa shape index (κ1) is 21.3. The number of carbonyl (C=O) groups is 1. The molecule has 1 aromatic heterocycles. The Labute approximate surface area is 174 Å². The lowest BCUT2D eigenvalue weighted by atomic mass is 9.84. The minimum atomic E-state index is -0.163. The van der Waals surface area contributed by atoms with Crippen molar-refractivity contribution in [1.29, 1.82) is 0 Å². The molecule has 158 valence electrons. The van der Waals surface area contributed by atoms with Crippen LogP contribution in [0.25, 0.3) is 0 Å². The zero-order valence-corrected chi connectivity index (χ0v) is 18.6. The van der Waals surface area contributed by atoms with Crippen molar-refractivity contribution in [2.45, 2.75) is 64.7 Å². The van der Waals surface area contributed by atoms with Gasteiger partial charge in [-0.1, -0.05) is 57.1 Å². The fraction of sp³-hybridized carbons (Fsp3) is 0.609. The number of likely N-dealkylation sites (tertiary alicyclic amines) is 1. The van der Waals surface area contributed by atoms with Crippen LogP contribution in [0.1, 0.15) is 75.7 Å². The number of benzene rings is 1. The Morgan fingerprint density at radius 1 is 1.17 bits per heavy atom. The Bertz CT molecular complexity index is 822. The topological polar surface area (TPSA) is 62.5 Å². The van der Waals surface area contributed by atoms with Gasteiger partial charge in [-0.15, -0.1) is 0 Å². The molecule has 0 saturated carbocycles. The second-order valence-electron chi connectivity index (χ2n) is 9.13. The van der Waals surface area contributed by atoms with Crippen molar-refractivity contribution in [3.8, 4) is 0 Å². The minimum absolute atomic E-state index is 0.0393. The number of hydrogen-bond donors (Lipinski definition) is 0. The van der Waals surface area contributed by atoms with E-state index in [9.17, 15) is 4.79 Å². The van der Waals surface area contributed by atoms with Gasteiger partial charge >= 0.3 is 6.03 Å². The Morgan fingerprint density at radius 3 is 2.38 bits per heavy atom. The number of aryl methyl sites for hydroxylation is 1. The molecule has 0 bridgehead atoms. The van der Waals surface area contributed by atoms with Crippen LogP contribution in [0.5, 0.6) is 0 Å². The number of carbonyl (C=O) groups excluding carboxylic acids is 1. The molecule has 29 heavy (non-hydrogen) atoms. The molecule has 2 amide bonds. The average molecular weight is 399 g/mol. The summed E-state index contributed by atoms with van der Waals surface area (Å²) in [6.07, 6.45) is 1.92. The lowest BCUT2D eigenvalue weighted by molar-refractivity contribution is 0.136. The van der Waals surface area contributed by atoms with Crippen molar-refractivity contribution in [3.05, 3.63) is 47.1 Å². The average Bonchev–Trinajstić information content (AvgIpc) is 3.23. The van der Waals surface area contributed by atoms with Crippen LogP contribution >= 0.6 is 0 Å². The van der Waals surface area contributed by atoms with Gasteiger partial charge < -0.3 is 14.3 Å². The normalized spacial score (nSPS) is 20.0. The fourth-order valence-corrected chi connectivity index (χ4v) is 3.78. The van der Waals surface area contributed by atoms with Gasteiger partial charge in [0.25, 0.3) is 0 Å². The van der Waals surface area contributed by atoms with E-state index in [1.165, 1.54) is 11.1 Å². The summed E-state index contributed by atoms with van der Waals surface area (Å²) in [5, 5.41) is 4.20. The summed E-state index contributed by atoms with van der Waals surface area (Å²) in [5.74, 6) is 1.64. The zero-order valence-electron chi connectivity index (χ0n) is 18.6. The van der Waals surface area contributed by atoms with Crippen molar-refractivity contribution in [1.82, 2.24) is 19.9 Å². The number of nitrogens with zero attached hydrogens (tertiary/aromatic N) is 4. The number of aromatic nitrogens is 2. The van der Waals surface area contributed by atoms with Crippen LogP contribution < -0.4 is 0 Å². The third-order valence-electron chi connectivity index (χ3n) is 5.84. The van der Waals surface area contributed by atoms with E-state index < -0.39 is 0 Å². The van der Waals surface area contributed by atoms with Crippen molar-refractivity contribution < 1.29 is 9.32 Å². The van der Waals surface area contributed by atoms with E-state index in [2.05, 4.69) is 57.1 Å². The highest BCUT2D eigenvalue weighted by atomic mass is 16.5. The molecule has 2 atom stereocenters. The molecule has 0 N–H and O–H groups in total. The maximum Gasteiger partial charge on any atom is 0.319 e.